The summed E-state index contributed by atoms with van der Waals surface area (Å²) in [5, 5.41) is 6.90. The Labute approximate surface area is 155 Å². The highest BCUT2D eigenvalue weighted by Gasteiger charge is 2.25. The first kappa shape index (κ1) is 15.8. The summed E-state index contributed by atoms with van der Waals surface area (Å²) < 4.78 is 7.13. The Morgan fingerprint density at radius 2 is 2.23 bits per heavy atom. The van der Waals surface area contributed by atoms with Crippen LogP contribution in [0.25, 0.3) is 16.1 Å². The molecule has 6 heteroatoms. The van der Waals surface area contributed by atoms with Crippen molar-refractivity contribution < 1.29 is 4.42 Å². The molecule has 1 saturated heterocycles. The SMILES string of the molecule is c1csc(-c2ccc3nc([C@@H]4CCCN(Cc5ccoc5)C4)nn3c2)c1. The van der Waals surface area contributed by atoms with E-state index in [1.807, 2.05) is 16.8 Å². The van der Waals surface area contributed by atoms with Gasteiger partial charge in [-0.3, -0.25) is 4.90 Å². The molecule has 0 aromatic carbocycles. The van der Waals surface area contributed by atoms with Crippen LogP contribution in [-0.4, -0.2) is 32.6 Å². The second-order valence-corrected chi connectivity index (χ2v) is 7.82. The third-order valence-electron chi connectivity index (χ3n) is 5.01. The summed E-state index contributed by atoms with van der Waals surface area (Å²) in [6.07, 6.45) is 7.99. The van der Waals surface area contributed by atoms with Crippen LogP contribution in [0.2, 0.25) is 0 Å². The molecule has 5 rings (SSSR count). The highest BCUT2D eigenvalue weighted by atomic mass is 32.1. The largest absolute Gasteiger partial charge is 0.472 e. The van der Waals surface area contributed by atoms with Crippen LogP contribution in [0.5, 0.6) is 0 Å². The Bertz CT molecular complexity index is 990. The third kappa shape index (κ3) is 3.06. The molecule has 4 aromatic rings. The second kappa shape index (κ2) is 6.70. The lowest BCUT2D eigenvalue weighted by atomic mass is 9.97. The normalized spacial score (nSPS) is 18.5. The molecule has 0 amide bonds. The van der Waals surface area contributed by atoms with Gasteiger partial charge in [0.05, 0.1) is 12.5 Å². The molecule has 0 spiro atoms. The monoisotopic (exact) mass is 364 g/mol. The molecule has 132 valence electrons. The van der Waals surface area contributed by atoms with E-state index in [4.69, 9.17) is 14.5 Å². The van der Waals surface area contributed by atoms with E-state index in [0.29, 0.717) is 5.92 Å². The number of likely N-dealkylation sites (tertiary alicyclic amines) is 1. The fourth-order valence-electron chi connectivity index (χ4n) is 3.71. The summed E-state index contributed by atoms with van der Waals surface area (Å²) in [5.41, 5.74) is 3.34. The molecule has 1 aliphatic heterocycles. The number of hydrogen-bond donors (Lipinski definition) is 0. The Balaban J connectivity index is 1.38. The van der Waals surface area contributed by atoms with Crippen LogP contribution in [0.3, 0.4) is 0 Å². The fraction of sp³-hybridized carbons (Fsp3) is 0.300. The number of thiophene rings is 1. The maximum absolute atomic E-state index is 5.20. The number of aromatic nitrogens is 3. The van der Waals surface area contributed by atoms with Crippen LogP contribution in [0, 0.1) is 0 Å². The minimum absolute atomic E-state index is 0.390. The van der Waals surface area contributed by atoms with Crippen molar-refractivity contribution in [2.24, 2.45) is 0 Å². The van der Waals surface area contributed by atoms with Gasteiger partial charge >= 0.3 is 0 Å². The van der Waals surface area contributed by atoms with E-state index in [1.54, 1.807) is 17.6 Å². The summed E-state index contributed by atoms with van der Waals surface area (Å²) in [6.45, 7) is 3.06. The average Bonchev–Trinajstić information content (AvgIpc) is 3.42. The number of pyridine rings is 1. The lowest BCUT2D eigenvalue weighted by molar-refractivity contribution is 0.196. The summed E-state index contributed by atoms with van der Waals surface area (Å²) >= 11 is 1.75. The van der Waals surface area contributed by atoms with Crippen LogP contribution >= 0.6 is 11.3 Å². The molecule has 0 N–H and O–H groups in total. The molecule has 1 fully saturated rings. The minimum Gasteiger partial charge on any atom is -0.472 e. The van der Waals surface area contributed by atoms with Crippen LogP contribution in [-0.2, 0) is 6.54 Å². The van der Waals surface area contributed by atoms with Crippen molar-refractivity contribution in [2.75, 3.05) is 13.1 Å². The first-order chi connectivity index (χ1) is 12.8. The molecule has 0 aliphatic carbocycles. The van der Waals surface area contributed by atoms with Crippen molar-refractivity contribution in [2.45, 2.75) is 25.3 Å². The van der Waals surface area contributed by atoms with Gasteiger partial charge in [-0.15, -0.1) is 11.3 Å². The molecular weight excluding hydrogens is 344 g/mol. The lowest BCUT2D eigenvalue weighted by Crippen LogP contribution is -2.34. The number of piperidine rings is 1. The topological polar surface area (TPSA) is 46.6 Å². The van der Waals surface area contributed by atoms with Gasteiger partial charge in [0.25, 0.3) is 0 Å². The van der Waals surface area contributed by atoms with E-state index in [1.165, 1.54) is 22.4 Å². The van der Waals surface area contributed by atoms with Gasteiger partial charge in [0, 0.05) is 41.2 Å². The summed E-state index contributed by atoms with van der Waals surface area (Å²) in [6, 6.07) is 10.5. The summed E-state index contributed by atoms with van der Waals surface area (Å²) in [7, 11) is 0. The van der Waals surface area contributed by atoms with Crippen molar-refractivity contribution in [1.29, 1.82) is 0 Å². The Kier molecular flexibility index (Phi) is 4.07. The molecule has 5 nitrogen and oxygen atoms in total. The van der Waals surface area contributed by atoms with Gasteiger partial charge in [-0.1, -0.05) is 6.07 Å². The second-order valence-electron chi connectivity index (χ2n) is 6.87. The zero-order valence-corrected chi connectivity index (χ0v) is 15.2. The minimum atomic E-state index is 0.390. The highest BCUT2D eigenvalue weighted by molar-refractivity contribution is 7.13. The first-order valence-corrected chi connectivity index (χ1v) is 9.87. The van der Waals surface area contributed by atoms with E-state index in [9.17, 15) is 0 Å². The average molecular weight is 364 g/mol. The molecule has 1 atom stereocenters. The lowest BCUT2D eigenvalue weighted by Gasteiger charge is -2.30. The smallest absolute Gasteiger partial charge is 0.156 e. The van der Waals surface area contributed by atoms with Gasteiger partial charge in [-0.2, -0.15) is 5.10 Å². The Morgan fingerprint density at radius 3 is 3.08 bits per heavy atom. The molecule has 4 aromatic heterocycles. The number of fused-ring (bicyclic) bond motifs is 1. The van der Waals surface area contributed by atoms with E-state index < -0.39 is 0 Å². The van der Waals surface area contributed by atoms with Crippen molar-refractivity contribution in [3.63, 3.8) is 0 Å². The van der Waals surface area contributed by atoms with E-state index >= 15 is 0 Å². The fourth-order valence-corrected chi connectivity index (χ4v) is 4.43. The maximum atomic E-state index is 5.20. The molecule has 0 bridgehead atoms. The Morgan fingerprint density at radius 1 is 1.23 bits per heavy atom. The first-order valence-electron chi connectivity index (χ1n) is 8.99. The number of nitrogens with zero attached hydrogens (tertiary/aromatic N) is 4. The third-order valence-corrected chi connectivity index (χ3v) is 5.93. The zero-order valence-electron chi connectivity index (χ0n) is 14.4. The van der Waals surface area contributed by atoms with E-state index in [2.05, 4.69) is 40.7 Å². The van der Waals surface area contributed by atoms with E-state index in [-0.39, 0.29) is 0 Å². The number of furan rings is 1. The van der Waals surface area contributed by atoms with Crippen molar-refractivity contribution >= 4 is 17.0 Å². The predicted octanol–water partition coefficient (Wildman–Crippen LogP) is 4.43. The van der Waals surface area contributed by atoms with Gasteiger partial charge in [-0.25, -0.2) is 9.50 Å². The van der Waals surface area contributed by atoms with Crippen LogP contribution in [0.15, 0.2) is 58.9 Å². The summed E-state index contributed by atoms with van der Waals surface area (Å²) in [4.78, 5) is 8.53. The predicted molar refractivity (Wildman–Crippen MR) is 102 cm³/mol. The molecule has 1 aliphatic rings. The molecule has 0 radical (unpaired) electrons. The van der Waals surface area contributed by atoms with Gasteiger partial charge in [-0.05, 0) is 49.0 Å². The van der Waals surface area contributed by atoms with Gasteiger partial charge in [0.2, 0.25) is 0 Å². The van der Waals surface area contributed by atoms with Crippen LogP contribution in [0.4, 0.5) is 0 Å². The van der Waals surface area contributed by atoms with Crippen molar-refractivity contribution in [3.8, 4) is 10.4 Å². The van der Waals surface area contributed by atoms with Gasteiger partial charge in [0.1, 0.15) is 0 Å². The zero-order chi connectivity index (χ0) is 17.3. The maximum Gasteiger partial charge on any atom is 0.156 e. The molecule has 5 heterocycles. The van der Waals surface area contributed by atoms with Crippen molar-refractivity contribution in [1.82, 2.24) is 19.5 Å². The van der Waals surface area contributed by atoms with Crippen LogP contribution in [0.1, 0.15) is 30.1 Å². The molecule has 0 unspecified atom stereocenters. The van der Waals surface area contributed by atoms with Crippen molar-refractivity contribution in [3.05, 3.63) is 65.8 Å². The van der Waals surface area contributed by atoms with Gasteiger partial charge < -0.3 is 4.42 Å². The van der Waals surface area contributed by atoms with Gasteiger partial charge in [0.15, 0.2) is 11.5 Å². The highest BCUT2D eigenvalue weighted by Crippen LogP contribution is 2.28. The molecule has 0 saturated carbocycles. The molecule has 26 heavy (non-hydrogen) atoms. The quantitative estimate of drug-likeness (QED) is 0.537. The number of rotatable bonds is 4. The van der Waals surface area contributed by atoms with Crippen LogP contribution < -0.4 is 0 Å². The standard InChI is InChI=1S/C20H20N4OS/c1-3-17(12-23(8-1)11-15-7-9-25-14-15)20-21-19-6-5-16(13-24(19)22-20)18-4-2-10-26-18/h2,4-7,9-10,13-14,17H,1,3,8,11-12H2/t17-/m1/s1. The summed E-state index contributed by atoms with van der Waals surface area (Å²) in [5.74, 6) is 1.35. The number of hydrogen-bond acceptors (Lipinski definition) is 5. The Hall–Kier alpha value is -2.44. The molecular formula is C20H20N4OS. The van der Waals surface area contributed by atoms with E-state index in [0.717, 1.165) is 37.5 Å².